The Bertz CT molecular complexity index is 1170. The zero-order chi connectivity index (χ0) is 21.6. The van der Waals surface area contributed by atoms with Crippen molar-refractivity contribution in [3.8, 4) is 17.0 Å². The van der Waals surface area contributed by atoms with E-state index in [0.717, 1.165) is 38.1 Å². The molecule has 3 aromatic carbocycles. The summed E-state index contributed by atoms with van der Waals surface area (Å²) >= 11 is 13.9. The Morgan fingerprint density at radius 1 is 0.968 bits per heavy atom. The van der Waals surface area contributed by atoms with Crippen LogP contribution in [-0.4, -0.2) is 11.2 Å². The van der Waals surface area contributed by atoms with Crippen LogP contribution in [-0.2, 0) is 6.61 Å². The standard InChI is InChI=1S/C24H19Cl2N3OS/c1-16-23(18-6-3-2-4-7-18)28-24(31-16)29-27-14-17-10-12-19(13-11-17)30-15-20-21(25)8-5-9-22(20)26/h2-14H,15H2,1H3,(H,28,29)/b27-14+. The summed E-state index contributed by atoms with van der Waals surface area (Å²) in [4.78, 5) is 5.79. The first-order valence-corrected chi connectivity index (χ1v) is 11.1. The van der Waals surface area contributed by atoms with Crippen LogP contribution in [0.5, 0.6) is 5.75 Å². The van der Waals surface area contributed by atoms with Gasteiger partial charge in [0.1, 0.15) is 12.4 Å². The third-order valence-corrected chi connectivity index (χ3v) is 6.13. The molecule has 0 radical (unpaired) electrons. The van der Waals surface area contributed by atoms with Crippen molar-refractivity contribution in [2.75, 3.05) is 5.43 Å². The number of hydrogen-bond acceptors (Lipinski definition) is 5. The lowest BCUT2D eigenvalue weighted by molar-refractivity contribution is 0.306. The van der Waals surface area contributed by atoms with Crippen LogP contribution < -0.4 is 10.2 Å². The lowest BCUT2D eigenvalue weighted by Gasteiger charge is -2.09. The second kappa shape index (κ2) is 9.96. The fourth-order valence-electron chi connectivity index (χ4n) is 2.95. The molecular formula is C24H19Cl2N3OS. The van der Waals surface area contributed by atoms with Crippen LogP contribution in [0.2, 0.25) is 10.0 Å². The van der Waals surface area contributed by atoms with Crippen molar-refractivity contribution in [3.05, 3.63) is 98.8 Å². The van der Waals surface area contributed by atoms with Crippen molar-refractivity contribution >= 4 is 45.9 Å². The van der Waals surface area contributed by atoms with Crippen LogP contribution in [0.4, 0.5) is 5.13 Å². The summed E-state index contributed by atoms with van der Waals surface area (Å²) in [5, 5.41) is 6.24. The highest BCUT2D eigenvalue weighted by Crippen LogP contribution is 2.30. The number of nitrogens with zero attached hydrogens (tertiary/aromatic N) is 2. The number of aromatic nitrogens is 1. The van der Waals surface area contributed by atoms with E-state index >= 15 is 0 Å². The molecule has 156 valence electrons. The van der Waals surface area contributed by atoms with Gasteiger partial charge in [0.15, 0.2) is 0 Å². The molecule has 4 rings (SSSR count). The summed E-state index contributed by atoms with van der Waals surface area (Å²) in [7, 11) is 0. The largest absolute Gasteiger partial charge is 0.489 e. The van der Waals surface area contributed by atoms with Gasteiger partial charge >= 0.3 is 0 Å². The normalized spacial score (nSPS) is 11.1. The maximum atomic E-state index is 6.18. The third-order valence-electron chi connectivity index (χ3n) is 4.54. The summed E-state index contributed by atoms with van der Waals surface area (Å²) < 4.78 is 5.80. The van der Waals surface area contributed by atoms with Crippen molar-refractivity contribution in [2.45, 2.75) is 13.5 Å². The van der Waals surface area contributed by atoms with Gasteiger partial charge in [-0.2, -0.15) is 5.10 Å². The molecule has 0 unspecified atom stereocenters. The van der Waals surface area contributed by atoms with E-state index in [1.165, 1.54) is 0 Å². The van der Waals surface area contributed by atoms with Gasteiger partial charge in [-0.15, -0.1) is 11.3 Å². The first-order chi connectivity index (χ1) is 15.1. The van der Waals surface area contributed by atoms with Gasteiger partial charge in [0, 0.05) is 26.0 Å². The molecule has 4 nitrogen and oxygen atoms in total. The van der Waals surface area contributed by atoms with E-state index < -0.39 is 0 Å². The Morgan fingerprint density at radius 3 is 2.39 bits per heavy atom. The van der Waals surface area contributed by atoms with E-state index in [1.807, 2.05) is 48.5 Å². The van der Waals surface area contributed by atoms with Crippen molar-refractivity contribution in [3.63, 3.8) is 0 Å². The highest BCUT2D eigenvalue weighted by molar-refractivity contribution is 7.16. The highest BCUT2D eigenvalue weighted by atomic mass is 35.5. The molecule has 0 saturated carbocycles. The van der Waals surface area contributed by atoms with Crippen molar-refractivity contribution in [2.24, 2.45) is 5.10 Å². The topological polar surface area (TPSA) is 46.5 Å². The molecule has 0 fully saturated rings. The SMILES string of the molecule is Cc1sc(N/N=C/c2ccc(OCc3c(Cl)cccc3Cl)cc2)nc1-c1ccccc1. The monoisotopic (exact) mass is 467 g/mol. The van der Waals surface area contributed by atoms with Crippen LogP contribution in [0, 0.1) is 6.92 Å². The summed E-state index contributed by atoms with van der Waals surface area (Å²) in [6.07, 6.45) is 1.74. The number of hydrogen-bond donors (Lipinski definition) is 1. The van der Waals surface area contributed by atoms with Gasteiger partial charge in [0.25, 0.3) is 0 Å². The van der Waals surface area contributed by atoms with Gasteiger partial charge < -0.3 is 4.74 Å². The highest BCUT2D eigenvalue weighted by Gasteiger charge is 2.09. The molecule has 0 spiro atoms. The minimum atomic E-state index is 0.306. The van der Waals surface area contributed by atoms with E-state index in [0.29, 0.717) is 16.7 Å². The lowest BCUT2D eigenvalue weighted by atomic mass is 10.1. The Kier molecular flexibility index (Phi) is 6.87. The number of halogens is 2. The van der Waals surface area contributed by atoms with Crippen molar-refractivity contribution < 1.29 is 4.74 Å². The van der Waals surface area contributed by atoms with Crippen LogP contribution in [0.15, 0.2) is 77.9 Å². The van der Waals surface area contributed by atoms with E-state index in [1.54, 1.807) is 29.7 Å². The summed E-state index contributed by atoms with van der Waals surface area (Å²) in [6.45, 7) is 2.37. The number of aryl methyl sites for hydroxylation is 1. The van der Waals surface area contributed by atoms with Gasteiger partial charge in [0.2, 0.25) is 5.13 Å². The van der Waals surface area contributed by atoms with Crippen LogP contribution in [0.25, 0.3) is 11.3 Å². The summed E-state index contributed by atoms with van der Waals surface area (Å²) in [5.41, 5.74) is 6.80. The average molecular weight is 468 g/mol. The molecule has 1 N–H and O–H groups in total. The first-order valence-electron chi connectivity index (χ1n) is 9.58. The van der Waals surface area contributed by atoms with E-state index in [2.05, 4.69) is 34.6 Å². The first kappa shape index (κ1) is 21.4. The molecule has 0 atom stereocenters. The zero-order valence-electron chi connectivity index (χ0n) is 16.7. The van der Waals surface area contributed by atoms with Gasteiger partial charge in [0.05, 0.1) is 11.9 Å². The van der Waals surface area contributed by atoms with Crippen LogP contribution in [0.3, 0.4) is 0 Å². The minimum Gasteiger partial charge on any atom is -0.489 e. The number of anilines is 1. The average Bonchev–Trinajstić information content (AvgIpc) is 3.15. The van der Waals surface area contributed by atoms with Gasteiger partial charge in [-0.3, -0.25) is 5.43 Å². The Balaban J connectivity index is 1.35. The summed E-state index contributed by atoms with van der Waals surface area (Å²) in [6, 6.07) is 23.1. The molecule has 7 heteroatoms. The quantitative estimate of drug-likeness (QED) is 0.226. The van der Waals surface area contributed by atoms with Crippen LogP contribution in [0.1, 0.15) is 16.0 Å². The number of nitrogens with one attached hydrogen (secondary N) is 1. The van der Waals surface area contributed by atoms with Gasteiger partial charge in [-0.25, -0.2) is 4.98 Å². The number of hydrazone groups is 1. The van der Waals surface area contributed by atoms with Crippen molar-refractivity contribution in [1.29, 1.82) is 0 Å². The van der Waals surface area contributed by atoms with Crippen LogP contribution >= 0.6 is 34.5 Å². The molecule has 4 aromatic rings. The van der Waals surface area contributed by atoms with Gasteiger partial charge in [-0.05, 0) is 48.9 Å². The second-order valence-corrected chi connectivity index (χ2v) is 8.74. The number of benzene rings is 3. The zero-order valence-corrected chi connectivity index (χ0v) is 19.0. The molecule has 0 aliphatic carbocycles. The number of rotatable bonds is 7. The Hall–Kier alpha value is -2.86. The maximum absolute atomic E-state index is 6.18. The molecule has 0 aliphatic heterocycles. The molecule has 31 heavy (non-hydrogen) atoms. The van der Waals surface area contributed by atoms with Gasteiger partial charge in [-0.1, -0.05) is 59.6 Å². The fourth-order valence-corrected chi connectivity index (χ4v) is 4.24. The predicted octanol–water partition coefficient (Wildman–Crippen LogP) is 7.45. The van der Waals surface area contributed by atoms with E-state index in [4.69, 9.17) is 27.9 Å². The number of thiazole rings is 1. The van der Waals surface area contributed by atoms with Crippen molar-refractivity contribution in [1.82, 2.24) is 4.98 Å². The molecule has 1 aromatic heterocycles. The minimum absolute atomic E-state index is 0.306. The fraction of sp³-hybridized carbons (Fsp3) is 0.0833. The molecule has 0 amide bonds. The number of ether oxygens (including phenoxy) is 1. The third kappa shape index (κ3) is 5.44. The molecule has 0 aliphatic rings. The Morgan fingerprint density at radius 2 is 1.68 bits per heavy atom. The lowest BCUT2D eigenvalue weighted by Crippen LogP contribution is -1.97. The Labute approximate surface area is 195 Å². The van der Waals surface area contributed by atoms with E-state index in [9.17, 15) is 0 Å². The smallest absolute Gasteiger partial charge is 0.204 e. The molecule has 1 heterocycles. The molecular weight excluding hydrogens is 449 g/mol. The molecule has 0 saturated heterocycles. The summed E-state index contributed by atoms with van der Waals surface area (Å²) in [5.74, 6) is 0.726. The maximum Gasteiger partial charge on any atom is 0.204 e. The van der Waals surface area contributed by atoms with E-state index in [-0.39, 0.29) is 0 Å². The molecule has 0 bridgehead atoms. The predicted molar refractivity (Wildman–Crippen MR) is 131 cm³/mol. The second-order valence-electron chi connectivity index (χ2n) is 6.72.